The van der Waals surface area contributed by atoms with Gasteiger partial charge in [-0.2, -0.15) is 10.1 Å². The lowest BCUT2D eigenvalue weighted by Crippen LogP contribution is -2.24. The highest BCUT2D eigenvalue weighted by Crippen LogP contribution is 2.28. The summed E-state index contributed by atoms with van der Waals surface area (Å²) in [6, 6.07) is 12.2. The lowest BCUT2D eigenvalue weighted by atomic mass is 10.1. The zero-order chi connectivity index (χ0) is 23.6. The summed E-state index contributed by atoms with van der Waals surface area (Å²) in [7, 11) is 0. The van der Waals surface area contributed by atoms with Gasteiger partial charge in [0.2, 0.25) is 0 Å². The van der Waals surface area contributed by atoms with E-state index in [0.717, 1.165) is 12.8 Å². The van der Waals surface area contributed by atoms with Crippen molar-refractivity contribution >= 4 is 12.1 Å². The monoisotopic (exact) mass is 452 g/mol. The van der Waals surface area contributed by atoms with Gasteiger partial charge in [-0.3, -0.25) is 4.79 Å². The van der Waals surface area contributed by atoms with Gasteiger partial charge in [0, 0.05) is 5.56 Å². The normalized spacial score (nSPS) is 10.9. The summed E-state index contributed by atoms with van der Waals surface area (Å²) < 4.78 is 24.5. The number of carbonyl (C=O) groups is 1. The Morgan fingerprint density at radius 2 is 1.91 bits per heavy atom. The molecule has 9 heteroatoms. The van der Waals surface area contributed by atoms with Crippen LogP contribution in [0.3, 0.4) is 0 Å². The summed E-state index contributed by atoms with van der Waals surface area (Å²) in [5.74, 6) is 0.197. The number of aromatic nitrogens is 2. The average Bonchev–Trinajstić information content (AvgIpc) is 2.80. The largest absolute Gasteiger partial charge is 0.490 e. The van der Waals surface area contributed by atoms with E-state index in [2.05, 4.69) is 27.4 Å². The summed E-state index contributed by atoms with van der Waals surface area (Å²) >= 11 is 0. The number of hydrogen-bond acceptors (Lipinski definition) is 6. The van der Waals surface area contributed by atoms with Gasteiger partial charge in [-0.05, 0) is 67.4 Å². The molecule has 0 bridgehead atoms. The van der Waals surface area contributed by atoms with Crippen LogP contribution in [0.5, 0.6) is 11.5 Å². The molecule has 0 unspecified atom stereocenters. The minimum absolute atomic E-state index is 0.0267. The Balaban J connectivity index is 1.71. The number of hydrazone groups is 1. The van der Waals surface area contributed by atoms with Crippen LogP contribution in [-0.2, 0) is 0 Å². The highest BCUT2D eigenvalue weighted by Gasteiger charge is 2.11. The van der Waals surface area contributed by atoms with Crippen LogP contribution in [0, 0.1) is 5.82 Å². The van der Waals surface area contributed by atoms with Crippen molar-refractivity contribution in [2.75, 3.05) is 13.2 Å². The van der Waals surface area contributed by atoms with Crippen LogP contribution >= 0.6 is 0 Å². The van der Waals surface area contributed by atoms with E-state index < -0.39 is 17.4 Å². The number of unbranched alkanes of at least 4 members (excludes halogenated alkanes) is 1. The van der Waals surface area contributed by atoms with Crippen molar-refractivity contribution < 1.29 is 18.7 Å². The van der Waals surface area contributed by atoms with Crippen molar-refractivity contribution in [3.63, 3.8) is 0 Å². The van der Waals surface area contributed by atoms with Crippen LogP contribution in [0.4, 0.5) is 4.39 Å². The Labute approximate surface area is 190 Å². The van der Waals surface area contributed by atoms with Gasteiger partial charge in [-0.25, -0.2) is 14.6 Å². The highest BCUT2D eigenvalue weighted by molar-refractivity contribution is 5.94. The molecule has 0 radical (unpaired) electrons. The van der Waals surface area contributed by atoms with Crippen LogP contribution in [0.2, 0.25) is 0 Å². The van der Waals surface area contributed by atoms with E-state index in [9.17, 15) is 14.0 Å². The van der Waals surface area contributed by atoms with Crippen LogP contribution in [0.25, 0.3) is 11.3 Å². The average molecular weight is 452 g/mol. The molecule has 3 aromatic rings. The summed E-state index contributed by atoms with van der Waals surface area (Å²) in [6.07, 6.45) is 3.43. The van der Waals surface area contributed by atoms with Crippen molar-refractivity contribution in [1.29, 1.82) is 0 Å². The third-order valence-electron chi connectivity index (χ3n) is 4.53. The maximum absolute atomic E-state index is 13.1. The van der Waals surface area contributed by atoms with E-state index in [0.29, 0.717) is 35.8 Å². The second-order valence-corrected chi connectivity index (χ2v) is 7.03. The molecule has 0 fully saturated rings. The van der Waals surface area contributed by atoms with Crippen molar-refractivity contribution in [3.8, 4) is 22.8 Å². The molecule has 2 N–H and O–H groups in total. The molecular weight excluding hydrogens is 427 g/mol. The Hall–Kier alpha value is -4.01. The molecule has 0 spiro atoms. The van der Waals surface area contributed by atoms with Crippen molar-refractivity contribution in [3.05, 3.63) is 76.1 Å². The van der Waals surface area contributed by atoms with Gasteiger partial charge in [-0.15, -0.1) is 0 Å². The third kappa shape index (κ3) is 6.73. The Bertz CT molecular complexity index is 1180. The van der Waals surface area contributed by atoms with Gasteiger partial charge in [0.05, 0.1) is 25.1 Å². The number of carbonyl (C=O) groups excluding carboxylic acids is 1. The number of hydrogen-bond donors (Lipinski definition) is 2. The minimum atomic E-state index is -0.703. The Morgan fingerprint density at radius 3 is 2.64 bits per heavy atom. The molecule has 172 valence electrons. The molecule has 1 heterocycles. The van der Waals surface area contributed by atoms with E-state index in [1.807, 2.05) is 6.92 Å². The van der Waals surface area contributed by atoms with Crippen LogP contribution in [-0.4, -0.2) is 35.3 Å². The number of halogens is 1. The van der Waals surface area contributed by atoms with Crippen LogP contribution in [0.15, 0.2) is 58.4 Å². The Morgan fingerprint density at radius 1 is 1.12 bits per heavy atom. The van der Waals surface area contributed by atoms with E-state index >= 15 is 0 Å². The molecule has 3 rings (SSSR count). The fourth-order valence-corrected chi connectivity index (χ4v) is 2.89. The molecule has 2 aromatic carbocycles. The van der Waals surface area contributed by atoms with Crippen LogP contribution < -0.4 is 20.6 Å². The first-order valence-corrected chi connectivity index (χ1v) is 10.6. The molecule has 0 saturated heterocycles. The number of benzene rings is 2. The SMILES string of the molecule is CCCCOc1ccc(/C=N/NC(=O)c2cc(-c3ccc(F)cc3)nc(=O)[nH]2)cc1OCC. The predicted molar refractivity (Wildman–Crippen MR) is 123 cm³/mol. The first-order valence-electron chi connectivity index (χ1n) is 10.6. The Kier molecular flexibility index (Phi) is 8.29. The summed E-state index contributed by atoms with van der Waals surface area (Å²) in [5.41, 5.74) is 3.08. The maximum Gasteiger partial charge on any atom is 0.346 e. The molecule has 0 saturated carbocycles. The number of nitrogens with zero attached hydrogens (tertiary/aromatic N) is 2. The molecular formula is C24H25FN4O4. The molecule has 0 aliphatic rings. The summed E-state index contributed by atoms with van der Waals surface area (Å²) in [4.78, 5) is 30.6. The number of nitrogens with one attached hydrogen (secondary N) is 2. The highest BCUT2D eigenvalue weighted by atomic mass is 19.1. The zero-order valence-corrected chi connectivity index (χ0v) is 18.4. The maximum atomic E-state index is 13.1. The fraction of sp³-hybridized carbons (Fsp3) is 0.250. The van der Waals surface area contributed by atoms with Crippen molar-refractivity contribution in [2.24, 2.45) is 5.10 Å². The van der Waals surface area contributed by atoms with Crippen molar-refractivity contribution in [1.82, 2.24) is 15.4 Å². The number of aromatic amines is 1. The van der Waals surface area contributed by atoms with Crippen LogP contribution in [0.1, 0.15) is 42.7 Å². The van der Waals surface area contributed by atoms with Gasteiger partial charge in [0.25, 0.3) is 5.91 Å². The van der Waals surface area contributed by atoms with E-state index in [-0.39, 0.29) is 11.4 Å². The lowest BCUT2D eigenvalue weighted by molar-refractivity contribution is 0.0949. The number of H-pyrrole nitrogens is 1. The quantitative estimate of drug-likeness (QED) is 0.276. The van der Waals surface area contributed by atoms with Gasteiger partial charge in [0.1, 0.15) is 11.5 Å². The predicted octanol–water partition coefficient (Wildman–Crippen LogP) is 3.92. The van der Waals surface area contributed by atoms with Gasteiger partial charge in [-0.1, -0.05) is 13.3 Å². The fourth-order valence-electron chi connectivity index (χ4n) is 2.89. The smallest absolute Gasteiger partial charge is 0.346 e. The molecule has 0 atom stereocenters. The number of ether oxygens (including phenoxy) is 2. The minimum Gasteiger partial charge on any atom is -0.490 e. The molecule has 1 aromatic heterocycles. The molecule has 33 heavy (non-hydrogen) atoms. The topological polar surface area (TPSA) is 106 Å². The number of rotatable bonds is 10. The van der Waals surface area contributed by atoms with E-state index in [4.69, 9.17) is 9.47 Å². The second kappa shape index (κ2) is 11.6. The molecule has 0 aliphatic carbocycles. The van der Waals surface area contributed by atoms with Gasteiger partial charge < -0.3 is 14.5 Å². The molecule has 0 aliphatic heterocycles. The lowest BCUT2D eigenvalue weighted by Gasteiger charge is -2.12. The number of amides is 1. The van der Waals surface area contributed by atoms with Gasteiger partial charge in [0.15, 0.2) is 11.5 Å². The van der Waals surface area contributed by atoms with E-state index in [1.54, 1.807) is 18.2 Å². The molecule has 8 nitrogen and oxygen atoms in total. The third-order valence-corrected chi connectivity index (χ3v) is 4.53. The first-order chi connectivity index (χ1) is 16.0. The summed E-state index contributed by atoms with van der Waals surface area (Å²) in [5, 5.41) is 3.95. The molecule has 1 amide bonds. The van der Waals surface area contributed by atoms with E-state index in [1.165, 1.54) is 36.5 Å². The zero-order valence-electron chi connectivity index (χ0n) is 18.4. The first kappa shape index (κ1) is 23.6. The second-order valence-electron chi connectivity index (χ2n) is 7.03. The van der Waals surface area contributed by atoms with Gasteiger partial charge >= 0.3 is 5.69 Å². The summed E-state index contributed by atoms with van der Waals surface area (Å²) in [6.45, 7) is 5.05. The standard InChI is InChI=1S/C24H25FN4O4/c1-3-5-12-33-21-11-6-16(13-22(21)32-4-2)15-26-29-23(30)20-14-19(27-24(31)28-20)17-7-9-18(25)10-8-17/h6-11,13-15H,3-5,12H2,1-2H3,(H,29,30)(H,27,28,31)/b26-15+. The van der Waals surface area contributed by atoms with Crippen molar-refractivity contribution in [2.45, 2.75) is 26.7 Å².